The molecular weight excluding hydrogens is 354 g/mol. The van der Waals surface area contributed by atoms with E-state index in [2.05, 4.69) is 48.3 Å². The van der Waals surface area contributed by atoms with E-state index in [1.165, 1.54) is 17.7 Å². The van der Waals surface area contributed by atoms with Crippen molar-refractivity contribution >= 4 is 28.9 Å². The van der Waals surface area contributed by atoms with Crippen LogP contribution in [0.5, 0.6) is 0 Å². The summed E-state index contributed by atoms with van der Waals surface area (Å²) in [5.41, 5.74) is 5.19. The van der Waals surface area contributed by atoms with Gasteiger partial charge in [0.2, 0.25) is 0 Å². The highest BCUT2D eigenvalue weighted by Crippen LogP contribution is 2.23. The van der Waals surface area contributed by atoms with Gasteiger partial charge in [-0.25, -0.2) is 4.79 Å². The summed E-state index contributed by atoms with van der Waals surface area (Å²) >= 11 is 5.30. The van der Waals surface area contributed by atoms with E-state index in [1.54, 1.807) is 12.1 Å². The Morgan fingerprint density at radius 2 is 1.63 bits per heavy atom. The Bertz CT molecular complexity index is 1040. The molecule has 0 saturated heterocycles. The Morgan fingerprint density at radius 1 is 0.963 bits per heavy atom. The van der Waals surface area contributed by atoms with Crippen molar-refractivity contribution in [2.75, 3.05) is 5.32 Å². The molecule has 0 aliphatic heterocycles. The SMILES string of the molecule is Cc1ccc(-c2ccccc2C#CC(=S)Nc2ccc(C(=O)O)cc2)cc1. The maximum Gasteiger partial charge on any atom is 0.335 e. The molecular formula is C23H17NO2S. The number of carboxylic acid groups (broad SMARTS) is 1. The van der Waals surface area contributed by atoms with Crippen LogP contribution in [0.4, 0.5) is 5.69 Å². The topological polar surface area (TPSA) is 49.3 Å². The Kier molecular flexibility index (Phi) is 5.65. The highest BCUT2D eigenvalue weighted by molar-refractivity contribution is 7.81. The second-order valence-electron chi connectivity index (χ2n) is 6.00. The van der Waals surface area contributed by atoms with Crippen LogP contribution in [0.1, 0.15) is 21.5 Å². The summed E-state index contributed by atoms with van der Waals surface area (Å²) in [5.74, 6) is 5.13. The van der Waals surface area contributed by atoms with E-state index in [-0.39, 0.29) is 5.56 Å². The molecule has 0 aliphatic carbocycles. The number of nitrogens with one attached hydrogen (secondary N) is 1. The summed E-state index contributed by atoms with van der Waals surface area (Å²) in [5, 5.41) is 11.9. The highest BCUT2D eigenvalue weighted by atomic mass is 32.1. The maximum absolute atomic E-state index is 10.9. The molecule has 3 aromatic rings. The van der Waals surface area contributed by atoms with Gasteiger partial charge < -0.3 is 10.4 Å². The van der Waals surface area contributed by atoms with Gasteiger partial charge in [-0.3, -0.25) is 0 Å². The first-order valence-electron chi connectivity index (χ1n) is 8.35. The fourth-order valence-corrected chi connectivity index (χ4v) is 2.73. The van der Waals surface area contributed by atoms with Gasteiger partial charge in [0.05, 0.1) is 5.56 Å². The van der Waals surface area contributed by atoms with Crippen molar-refractivity contribution in [1.29, 1.82) is 0 Å². The fraction of sp³-hybridized carbons (Fsp3) is 0.0435. The number of aryl methyl sites for hydroxylation is 1. The highest BCUT2D eigenvalue weighted by Gasteiger charge is 2.04. The van der Waals surface area contributed by atoms with Crippen molar-refractivity contribution < 1.29 is 9.90 Å². The average molecular weight is 371 g/mol. The molecule has 3 rings (SSSR count). The van der Waals surface area contributed by atoms with Gasteiger partial charge in [-0.15, -0.1) is 0 Å². The van der Waals surface area contributed by atoms with E-state index in [0.29, 0.717) is 10.7 Å². The summed E-state index contributed by atoms with van der Waals surface area (Å²) < 4.78 is 0. The third-order valence-electron chi connectivity index (χ3n) is 3.99. The van der Waals surface area contributed by atoms with Crippen LogP contribution >= 0.6 is 12.2 Å². The second kappa shape index (κ2) is 8.31. The normalized spacial score (nSPS) is 9.81. The van der Waals surface area contributed by atoms with Gasteiger partial charge in [0, 0.05) is 11.3 Å². The van der Waals surface area contributed by atoms with E-state index >= 15 is 0 Å². The monoisotopic (exact) mass is 371 g/mol. The van der Waals surface area contributed by atoms with Crippen LogP contribution < -0.4 is 5.32 Å². The van der Waals surface area contributed by atoms with Gasteiger partial charge in [0.25, 0.3) is 0 Å². The Balaban J connectivity index is 1.78. The number of carbonyl (C=O) groups is 1. The minimum atomic E-state index is -0.961. The van der Waals surface area contributed by atoms with Crippen LogP contribution in [-0.2, 0) is 0 Å². The van der Waals surface area contributed by atoms with Crippen LogP contribution in [0, 0.1) is 18.8 Å². The molecule has 0 atom stereocenters. The summed E-state index contributed by atoms with van der Waals surface area (Å²) in [6.45, 7) is 2.06. The van der Waals surface area contributed by atoms with Crippen molar-refractivity contribution in [3.63, 3.8) is 0 Å². The predicted molar refractivity (Wildman–Crippen MR) is 113 cm³/mol. The first-order valence-corrected chi connectivity index (χ1v) is 8.76. The van der Waals surface area contributed by atoms with Crippen molar-refractivity contribution in [3.05, 3.63) is 89.5 Å². The zero-order chi connectivity index (χ0) is 19.2. The molecule has 2 N–H and O–H groups in total. The molecule has 0 radical (unpaired) electrons. The van der Waals surface area contributed by atoms with E-state index < -0.39 is 5.97 Å². The lowest BCUT2D eigenvalue weighted by Gasteiger charge is -2.06. The molecule has 27 heavy (non-hydrogen) atoms. The van der Waals surface area contributed by atoms with E-state index in [0.717, 1.165) is 16.7 Å². The molecule has 0 heterocycles. The summed E-state index contributed by atoms with van der Waals surface area (Å²) in [4.78, 5) is 11.3. The molecule has 0 saturated carbocycles. The fourth-order valence-electron chi connectivity index (χ4n) is 2.56. The third kappa shape index (κ3) is 4.81. The van der Waals surface area contributed by atoms with Gasteiger partial charge in [0.15, 0.2) is 4.99 Å². The van der Waals surface area contributed by atoms with Crippen molar-refractivity contribution in [1.82, 2.24) is 0 Å². The molecule has 0 amide bonds. The maximum atomic E-state index is 10.9. The van der Waals surface area contributed by atoms with Crippen molar-refractivity contribution in [2.45, 2.75) is 6.92 Å². The van der Waals surface area contributed by atoms with Gasteiger partial charge in [-0.1, -0.05) is 66.2 Å². The van der Waals surface area contributed by atoms with Gasteiger partial charge >= 0.3 is 5.97 Å². The van der Waals surface area contributed by atoms with E-state index in [9.17, 15) is 4.79 Å². The lowest BCUT2D eigenvalue weighted by atomic mass is 9.99. The smallest absolute Gasteiger partial charge is 0.335 e. The molecule has 3 aromatic carbocycles. The molecule has 3 nitrogen and oxygen atoms in total. The minimum Gasteiger partial charge on any atom is -0.478 e. The number of carboxylic acids is 1. The first kappa shape index (κ1) is 18.4. The zero-order valence-corrected chi connectivity index (χ0v) is 15.5. The van der Waals surface area contributed by atoms with Gasteiger partial charge in [0.1, 0.15) is 0 Å². The number of hydrogen-bond acceptors (Lipinski definition) is 2. The number of benzene rings is 3. The van der Waals surface area contributed by atoms with Crippen LogP contribution in [0.2, 0.25) is 0 Å². The van der Waals surface area contributed by atoms with Gasteiger partial charge in [-0.05, 0) is 54.3 Å². The first-order chi connectivity index (χ1) is 13.0. The lowest BCUT2D eigenvalue weighted by Crippen LogP contribution is -2.06. The lowest BCUT2D eigenvalue weighted by molar-refractivity contribution is 0.0697. The predicted octanol–water partition coefficient (Wildman–Crippen LogP) is 5.15. The molecule has 0 spiro atoms. The average Bonchev–Trinajstić information content (AvgIpc) is 2.68. The molecule has 0 aromatic heterocycles. The standard InChI is InChI=1S/C23H17NO2S/c1-16-6-8-18(9-7-16)21-5-3-2-4-17(21)12-15-22(27)24-20-13-10-19(11-14-20)23(25)26/h2-11,13-14H,1H3,(H,24,27)(H,25,26). The zero-order valence-electron chi connectivity index (χ0n) is 14.7. The van der Waals surface area contributed by atoms with Crippen LogP contribution in [0.25, 0.3) is 11.1 Å². The Hall–Kier alpha value is -3.42. The summed E-state index contributed by atoms with van der Waals surface area (Å²) in [6, 6.07) is 22.6. The Morgan fingerprint density at radius 3 is 2.30 bits per heavy atom. The minimum absolute atomic E-state index is 0.226. The van der Waals surface area contributed by atoms with E-state index in [4.69, 9.17) is 17.3 Å². The summed E-state index contributed by atoms with van der Waals surface area (Å²) in [7, 11) is 0. The molecule has 4 heteroatoms. The second-order valence-corrected chi connectivity index (χ2v) is 6.41. The quantitative estimate of drug-likeness (QED) is 0.494. The van der Waals surface area contributed by atoms with Gasteiger partial charge in [-0.2, -0.15) is 0 Å². The third-order valence-corrected chi connectivity index (χ3v) is 4.19. The molecule has 0 unspecified atom stereocenters. The van der Waals surface area contributed by atoms with Crippen LogP contribution in [-0.4, -0.2) is 16.1 Å². The molecule has 132 valence electrons. The molecule has 0 bridgehead atoms. The molecule has 0 aliphatic rings. The Labute approximate surface area is 163 Å². The van der Waals surface area contributed by atoms with Crippen molar-refractivity contribution in [3.8, 4) is 23.0 Å². The number of thiocarbonyl (C=S) groups is 1. The summed E-state index contributed by atoms with van der Waals surface area (Å²) in [6.07, 6.45) is 0. The number of anilines is 1. The van der Waals surface area contributed by atoms with Crippen LogP contribution in [0.15, 0.2) is 72.8 Å². The largest absolute Gasteiger partial charge is 0.478 e. The number of aromatic carboxylic acids is 1. The number of hydrogen-bond donors (Lipinski definition) is 2. The molecule has 0 fully saturated rings. The van der Waals surface area contributed by atoms with E-state index in [1.807, 2.05) is 24.3 Å². The van der Waals surface area contributed by atoms with Crippen LogP contribution in [0.3, 0.4) is 0 Å². The van der Waals surface area contributed by atoms with Crippen molar-refractivity contribution in [2.24, 2.45) is 0 Å². The number of rotatable bonds is 3.